The molecule has 138 valence electrons. The number of carbonyl (C=O) groups is 2. The van der Waals surface area contributed by atoms with Crippen LogP contribution in [-0.2, 0) is 21.5 Å². The normalized spacial score (nSPS) is 21.6. The highest BCUT2D eigenvalue weighted by atomic mass is 32.1. The molecular formula is C19H28N2O3S. The number of amides is 1. The molecule has 1 aromatic rings. The van der Waals surface area contributed by atoms with E-state index in [0.29, 0.717) is 10.6 Å². The van der Waals surface area contributed by atoms with E-state index in [9.17, 15) is 9.59 Å². The molecule has 0 saturated heterocycles. The molecule has 2 aliphatic rings. The van der Waals surface area contributed by atoms with Crippen LogP contribution in [0.2, 0.25) is 0 Å². The molecule has 3 rings (SSSR count). The van der Waals surface area contributed by atoms with Crippen LogP contribution in [0.15, 0.2) is 0 Å². The van der Waals surface area contributed by atoms with Gasteiger partial charge in [-0.15, -0.1) is 11.3 Å². The Hall–Kier alpha value is -1.40. The first-order valence-electron chi connectivity index (χ1n) is 8.99. The average molecular weight is 365 g/mol. The van der Waals surface area contributed by atoms with Crippen LogP contribution in [0, 0.1) is 5.92 Å². The van der Waals surface area contributed by atoms with Gasteiger partial charge in [0.2, 0.25) is 5.91 Å². The smallest absolute Gasteiger partial charge is 0.341 e. The zero-order valence-electron chi connectivity index (χ0n) is 15.7. The lowest BCUT2D eigenvalue weighted by molar-refractivity contribution is -0.119. The summed E-state index contributed by atoms with van der Waals surface area (Å²) >= 11 is 1.51. The molecule has 6 heteroatoms. The van der Waals surface area contributed by atoms with E-state index >= 15 is 0 Å². The Morgan fingerprint density at radius 2 is 1.84 bits per heavy atom. The summed E-state index contributed by atoms with van der Waals surface area (Å²) in [6.07, 6.45) is 4.81. The van der Waals surface area contributed by atoms with Gasteiger partial charge >= 0.3 is 5.97 Å². The lowest BCUT2D eigenvalue weighted by Gasteiger charge is -2.42. The van der Waals surface area contributed by atoms with Crippen LogP contribution in [0.3, 0.4) is 0 Å². The fourth-order valence-electron chi connectivity index (χ4n) is 4.34. The molecule has 1 fully saturated rings. The molecule has 2 N–H and O–H groups in total. The minimum absolute atomic E-state index is 0.0336. The van der Waals surface area contributed by atoms with Crippen molar-refractivity contribution in [2.45, 2.75) is 70.9 Å². The Balaban J connectivity index is 2.02. The van der Waals surface area contributed by atoms with Crippen molar-refractivity contribution in [2.75, 3.05) is 12.4 Å². The number of hydrogen-bond donors (Lipinski definition) is 2. The van der Waals surface area contributed by atoms with Crippen molar-refractivity contribution in [3.8, 4) is 0 Å². The lowest BCUT2D eigenvalue weighted by atomic mass is 9.81. The van der Waals surface area contributed by atoms with Crippen LogP contribution in [0.25, 0.3) is 0 Å². The summed E-state index contributed by atoms with van der Waals surface area (Å²) in [5, 5.41) is 7.32. The maximum absolute atomic E-state index is 12.6. The number of nitrogens with one attached hydrogen (secondary N) is 2. The predicted octanol–water partition coefficient (Wildman–Crippen LogP) is 3.82. The summed E-state index contributed by atoms with van der Waals surface area (Å²) in [5.41, 5.74) is 1.15. The van der Waals surface area contributed by atoms with Crippen molar-refractivity contribution in [2.24, 2.45) is 5.92 Å². The second kappa shape index (κ2) is 6.40. The summed E-state index contributed by atoms with van der Waals surface area (Å²) < 4.78 is 5.04. The second-order valence-electron chi connectivity index (χ2n) is 8.39. The Bertz CT molecular complexity index is 700. The molecule has 1 aromatic heterocycles. The maximum Gasteiger partial charge on any atom is 0.341 e. The molecule has 1 aliphatic heterocycles. The first-order chi connectivity index (χ1) is 11.6. The van der Waals surface area contributed by atoms with Gasteiger partial charge in [0, 0.05) is 21.9 Å². The first kappa shape index (κ1) is 18.4. The number of thiophene rings is 1. The monoisotopic (exact) mass is 364 g/mol. The van der Waals surface area contributed by atoms with Crippen LogP contribution in [0.1, 0.15) is 74.2 Å². The van der Waals surface area contributed by atoms with Gasteiger partial charge in [0.15, 0.2) is 0 Å². The van der Waals surface area contributed by atoms with E-state index in [1.165, 1.54) is 18.4 Å². The number of hydrogen-bond acceptors (Lipinski definition) is 5. The van der Waals surface area contributed by atoms with Gasteiger partial charge in [-0.3, -0.25) is 4.79 Å². The van der Waals surface area contributed by atoms with E-state index in [2.05, 4.69) is 38.3 Å². The number of anilines is 1. The van der Waals surface area contributed by atoms with E-state index in [4.69, 9.17) is 4.74 Å². The van der Waals surface area contributed by atoms with Crippen molar-refractivity contribution < 1.29 is 14.3 Å². The molecule has 1 saturated carbocycles. The van der Waals surface area contributed by atoms with Gasteiger partial charge in [-0.2, -0.15) is 0 Å². The zero-order chi connectivity index (χ0) is 18.4. The van der Waals surface area contributed by atoms with Crippen molar-refractivity contribution in [3.63, 3.8) is 0 Å². The van der Waals surface area contributed by atoms with E-state index in [-0.39, 0.29) is 28.9 Å². The minimum Gasteiger partial charge on any atom is -0.465 e. The number of methoxy groups -OCH3 is 1. The quantitative estimate of drug-likeness (QED) is 0.800. The third kappa shape index (κ3) is 3.47. The molecule has 0 atom stereocenters. The molecule has 2 heterocycles. The summed E-state index contributed by atoms with van der Waals surface area (Å²) in [7, 11) is 1.40. The van der Waals surface area contributed by atoms with Gasteiger partial charge in [-0.05, 0) is 52.5 Å². The summed E-state index contributed by atoms with van der Waals surface area (Å²) in [6, 6.07) is 0. The summed E-state index contributed by atoms with van der Waals surface area (Å²) in [4.78, 5) is 26.2. The van der Waals surface area contributed by atoms with Crippen LogP contribution < -0.4 is 10.6 Å². The van der Waals surface area contributed by atoms with Gasteiger partial charge < -0.3 is 15.4 Å². The third-order valence-electron chi connectivity index (χ3n) is 5.20. The molecule has 25 heavy (non-hydrogen) atoms. The summed E-state index contributed by atoms with van der Waals surface area (Å²) in [5.74, 6) is -0.272. The minimum atomic E-state index is -0.368. The average Bonchev–Trinajstić information content (AvgIpc) is 3.12. The van der Waals surface area contributed by atoms with Crippen LogP contribution in [0.5, 0.6) is 0 Å². The maximum atomic E-state index is 12.6. The number of carbonyl (C=O) groups excluding carboxylic acids is 2. The van der Waals surface area contributed by atoms with Crippen molar-refractivity contribution in [1.29, 1.82) is 0 Å². The molecule has 0 aromatic carbocycles. The summed E-state index contributed by atoms with van der Waals surface area (Å²) in [6.45, 7) is 8.50. The number of ether oxygens (including phenoxy) is 1. The Morgan fingerprint density at radius 1 is 1.20 bits per heavy atom. The second-order valence-corrected chi connectivity index (χ2v) is 9.41. The van der Waals surface area contributed by atoms with E-state index in [1.54, 1.807) is 0 Å². The van der Waals surface area contributed by atoms with Crippen molar-refractivity contribution in [3.05, 3.63) is 16.0 Å². The van der Waals surface area contributed by atoms with Gasteiger partial charge in [0.1, 0.15) is 5.00 Å². The van der Waals surface area contributed by atoms with Gasteiger partial charge in [-0.1, -0.05) is 12.8 Å². The van der Waals surface area contributed by atoms with Crippen LogP contribution >= 0.6 is 11.3 Å². The number of esters is 1. The Labute approximate surface area is 153 Å². The van der Waals surface area contributed by atoms with E-state index in [0.717, 1.165) is 42.5 Å². The van der Waals surface area contributed by atoms with Crippen LogP contribution in [-0.4, -0.2) is 24.5 Å². The highest BCUT2D eigenvalue weighted by molar-refractivity contribution is 7.17. The molecule has 1 amide bonds. The van der Waals surface area contributed by atoms with E-state index in [1.807, 2.05) is 0 Å². The van der Waals surface area contributed by atoms with E-state index < -0.39 is 0 Å². The topological polar surface area (TPSA) is 67.4 Å². The molecule has 1 aliphatic carbocycles. The molecule has 0 unspecified atom stereocenters. The standard InChI is InChI=1S/C19H28N2O3S/c1-18(2)10-12-13(17(23)24-5)16(25-14(12)19(3,4)21-18)20-15(22)11-8-6-7-9-11/h11,21H,6-10H2,1-5H3,(H,20,22). The molecule has 0 bridgehead atoms. The molecular weight excluding hydrogens is 336 g/mol. The van der Waals surface area contributed by atoms with Gasteiger partial charge in [-0.25, -0.2) is 4.79 Å². The largest absolute Gasteiger partial charge is 0.465 e. The fourth-order valence-corrected chi connectivity index (χ4v) is 5.60. The van der Waals surface area contributed by atoms with Gasteiger partial charge in [0.25, 0.3) is 0 Å². The van der Waals surface area contributed by atoms with Crippen molar-refractivity contribution >= 4 is 28.2 Å². The molecule has 0 spiro atoms. The fraction of sp³-hybridized carbons (Fsp3) is 0.684. The zero-order valence-corrected chi connectivity index (χ0v) is 16.6. The van der Waals surface area contributed by atoms with Gasteiger partial charge in [0.05, 0.1) is 12.7 Å². The predicted molar refractivity (Wildman–Crippen MR) is 100 cm³/mol. The lowest BCUT2D eigenvalue weighted by Crippen LogP contribution is -2.55. The SMILES string of the molecule is COC(=O)c1c(NC(=O)C2CCCC2)sc2c1CC(C)(C)NC2(C)C. The molecule has 0 radical (unpaired) electrons. The highest BCUT2D eigenvalue weighted by Gasteiger charge is 2.42. The molecule has 5 nitrogen and oxygen atoms in total. The number of rotatable bonds is 3. The highest BCUT2D eigenvalue weighted by Crippen LogP contribution is 2.45. The number of fused-ring (bicyclic) bond motifs is 1. The third-order valence-corrected chi connectivity index (χ3v) is 6.67. The Morgan fingerprint density at radius 3 is 2.44 bits per heavy atom. The van der Waals surface area contributed by atoms with Crippen LogP contribution in [0.4, 0.5) is 5.00 Å². The van der Waals surface area contributed by atoms with Crippen molar-refractivity contribution in [1.82, 2.24) is 5.32 Å². The first-order valence-corrected chi connectivity index (χ1v) is 9.81. The Kier molecular flexibility index (Phi) is 4.71.